The Labute approximate surface area is 129 Å². The average molecular weight is 293 g/mol. The molecule has 0 saturated carbocycles. The zero-order valence-corrected chi connectivity index (χ0v) is 14.5. The summed E-state index contributed by atoms with van der Waals surface area (Å²) in [6, 6.07) is 2.36. The molecule has 0 spiro atoms. The molecule has 0 aliphatic carbocycles. The summed E-state index contributed by atoms with van der Waals surface area (Å²) in [5.74, 6) is 0.267. The van der Waals surface area contributed by atoms with Gasteiger partial charge in [0.1, 0.15) is 0 Å². The lowest BCUT2D eigenvalue weighted by atomic mass is 9.88. The van der Waals surface area contributed by atoms with Crippen molar-refractivity contribution in [2.45, 2.75) is 72.4 Å². The Morgan fingerprint density at radius 2 is 1.95 bits per heavy atom. The van der Waals surface area contributed by atoms with E-state index in [1.807, 2.05) is 16.9 Å². The molecule has 0 N–H and O–H groups in total. The summed E-state index contributed by atoms with van der Waals surface area (Å²) in [5.41, 5.74) is 0.496. The van der Waals surface area contributed by atoms with Crippen LogP contribution in [0.15, 0.2) is 12.3 Å². The first-order valence-electron chi connectivity index (χ1n) is 8.25. The molecule has 0 aliphatic heterocycles. The highest BCUT2D eigenvalue weighted by Crippen LogP contribution is 2.22. The molecule has 0 radical (unpaired) electrons. The zero-order chi connectivity index (χ0) is 16.0. The van der Waals surface area contributed by atoms with Gasteiger partial charge in [0, 0.05) is 12.2 Å². The van der Waals surface area contributed by atoms with Crippen molar-refractivity contribution in [3.63, 3.8) is 0 Å². The van der Waals surface area contributed by atoms with Gasteiger partial charge in [-0.15, -0.1) is 0 Å². The van der Waals surface area contributed by atoms with Crippen LogP contribution >= 0.6 is 0 Å². The predicted octanol–water partition coefficient (Wildman–Crippen LogP) is 3.48. The highest BCUT2D eigenvalue weighted by Gasteiger charge is 2.35. The number of aromatic nitrogens is 2. The molecule has 0 bridgehead atoms. The fourth-order valence-electron chi connectivity index (χ4n) is 2.78. The number of carbonyl (C=O) groups excluding carboxylic acids is 1. The maximum Gasteiger partial charge on any atom is 0.158 e. The minimum Gasteiger partial charge on any atom is -0.297 e. The summed E-state index contributed by atoms with van der Waals surface area (Å²) in [6.45, 7) is 14.5. The van der Waals surface area contributed by atoms with E-state index in [1.54, 1.807) is 0 Å². The highest BCUT2D eigenvalue weighted by atomic mass is 16.1. The lowest BCUT2D eigenvalue weighted by Gasteiger charge is -2.38. The van der Waals surface area contributed by atoms with Gasteiger partial charge in [-0.2, -0.15) is 5.10 Å². The molecule has 0 saturated heterocycles. The maximum atomic E-state index is 12.8. The normalized spacial score (nSPS) is 16.0. The summed E-state index contributed by atoms with van der Waals surface area (Å²) in [4.78, 5) is 15.0. The molecule has 0 aliphatic rings. The first kappa shape index (κ1) is 17.9. The number of carbonyl (C=O) groups is 1. The van der Waals surface area contributed by atoms with Crippen LogP contribution in [0.1, 0.15) is 66.1 Å². The molecule has 120 valence electrons. The second-order valence-corrected chi connectivity index (χ2v) is 5.94. The van der Waals surface area contributed by atoms with Crippen LogP contribution in [-0.2, 0) is 11.2 Å². The molecule has 4 nitrogen and oxygen atoms in total. The first-order valence-corrected chi connectivity index (χ1v) is 8.25. The standard InChI is InChI=1S/C17H31N3O/c1-7-14(5)20-12-11-15(18-20)13-16(21)17(6,8-2)19(9-3)10-4/h11-12,14H,7-10,13H2,1-6H3. The summed E-state index contributed by atoms with van der Waals surface area (Å²) >= 11 is 0. The van der Waals surface area contributed by atoms with Crippen molar-refractivity contribution in [2.75, 3.05) is 13.1 Å². The Bertz CT molecular complexity index is 451. The third kappa shape index (κ3) is 3.94. The van der Waals surface area contributed by atoms with Crippen LogP contribution in [-0.4, -0.2) is 39.1 Å². The second kappa shape index (κ2) is 7.74. The van der Waals surface area contributed by atoms with E-state index in [1.165, 1.54) is 0 Å². The van der Waals surface area contributed by atoms with Crippen LogP contribution in [0.2, 0.25) is 0 Å². The van der Waals surface area contributed by atoms with Crippen LogP contribution < -0.4 is 0 Å². The SMILES string of the molecule is CCC(C)n1ccc(CC(=O)C(C)(CC)N(CC)CC)n1. The van der Waals surface area contributed by atoms with E-state index in [0.29, 0.717) is 12.5 Å². The quantitative estimate of drug-likeness (QED) is 0.699. The predicted molar refractivity (Wildman–Crippen MR) is 87.6 cm³/mol. The molecule has 1 aromatic heterocycles. The molecule has 0 fully saturated rings. The highest BCUT2D eigenvalue weighted by molar-refractivity contribution is 5.89. The molecule has 2 unspecified atom stereocenters. The number of likely N-dealkylation sites (N-methyl/N-ethyl adjacent to an activating group) is 1. The summed E-state index contributed by atoms with van der Waals surface area (Å²) in [5, 5.41) is 4.56. The van der Waals surface area contributed by atoms with Gasteiger partial charge in [-0.05, 0) is 45.8 Å². The van der Waals surface area contributed by atoms with Gasteiger partial charge in [-0.3, -0.25) is 14.4 Å². The number of hydrogen-bond acceptors (Lipinski definition) is 3. The van der Waals surface area contributed by atoms with Crippen molar-refractivity contribution in [3.8, 4) is 0 Å². The van der Waals surface area contributed by atoms with E-state index in [-0.39, 0.29) is 11.3 Å². The fourth-order valence-corrected chi connectivity index (χ4v) is 2.78. The molecule has 1 rings (SSSR count). The largest absolute Gasteiger partial charge is 0.297 e. The van der Waals surface area contributed by atoms with E-state index in [0.717, 1.165) is 31.6 Å². The smallest absolute Gasteiger partial charge is 0.158 e. The Morgan fingerprint density at radius 3 is 2.43 bits per heavy atom. The van der Waals surface area contributed by atoms with Crippen molar-refractivity contribution >= 4 is 5.78 Å². The minimum absolute atomic E-state index is 0.267. The average Bonchev–Trinajstić information content (AvgIpc) is 2.95. The van der Waals surface area contributed by atoms with E-state index in [2.05, 4.69) is 51.5 Å². The van der Waals surface area contributed by atoms with Gasteiger partial charge in [0.25, 0.3) is 0 Å². The Balaban J connectivity index is 2.85. The third-order valence-corrected chi connectivity index (χ3v) is 4.80. The molecular weight excluding hydrogens is 262 g/mol. The summed E-state index contributed by atoms with van der Waals surface area (Å²) in [6.07, 6.45) is 4.28. The number of rotatable bonds is 9. The monoisotopic (exact) mass is 293 g/mol. The van der Waals surface area contributed by atoms with Crippen molar-refractivity contribution in [3.05, 3.63) is 18.0 Å². The van der Waals surface area contributed by atoms with Crippen LogP contribution in [0.25, 0.3) is 0 Å². The van der Waals surface area contributed by atoms with Crippen LogP contribution in [0.5, 0.6) is 0 Å². The van der Waals surface area contributed by atoms with Gasteiger partial charge in [0.15, 0.2) is 5.78 Å². The topological polar surface area (TPSA) is 38.1 Å². The van der Waals surface area contributed by atoms with Crippen molar-refractivity contribution in [1.82, 2.24) is 14.7 Å². The molecule has 0 amide bonds. The summed E-state index contributed by atoms with van der Waals surface area (Å²) < 4.78 is 1.96. The molecule has 0 aromatic carbocycles. The van der Waals surface area contributed by atoms with Crippen molar-refractivity contribution in [2.24, 2.45) is 0 Å². The van der Waals surface area contributed by atoms with E-state index >= 15 is 0 Å². The maximum absolute atomic E-state index is 12.8. The van der Waals surface area contributed by atoms with Gasteiger partial charge >= 0.3 is 0 Å². The molecule has 21 heavy (non-hydrogen) atoms. The van der Waals surface area contributed by atoms with Gasteiger partial charge in [0.2, 0.25) is 0 Å². The van der Waals surface area contributed by atoms with E-state index < -0.39 is 0 Å². The lowest BCUT2D eigenvalue weighted by molar-refractivity contribution is -0.129. The molecule has 4 heteroatoms. The van der Waals surface area contributed by atoms with Crippen LogP contribution in [0.4, 0.5) is 0 Å². The number of hydrogen-bond donors (Lipinski definition) is 0. The van der Waals surface area contributed by atoms with Gasteiger partial charge < -0.3 is 0 Å². The first-order chi connectivity index (χ1) is 9.92. The Kier molecular flexibility index (Phi) is 6.59. The zero-order valence-electron chi connectivity index (χ0n) is 14.5. The lowest BCUT2D eigenvalue weighted by Crippen LogP contribution is -2.52. The van der Waals surface area contributed by atoms with Crippen molar-refractivity contribution < 1.29 is 4.79 Å². The molecule has 1 heterocycles. The summed E-state index contributed by atoms with van der Waals surface area (Å²) in [7, 11) is 0. The van der Waals surface area contributed by atoms with Crippen molar-refractivity contribution in [1.29, 1.82) is 0 Å². The molecule has 2 atom stereocenters. The third-order valence-electron chi connectivity index (χ3n) is 4.80. The number of Topliss-reactive ketones (excluding diaryl/α,β-unsaturated/α-hetero) is 1. The van der Waals surface area contributed by atoms with E-state index in [9.17, 15) is 4.79 Å². The Morgan fingerprint density at radius 1 is 1.33 bits per heavy atom. The van der Waals surface area contributed by atoms with Crippen LogP contribution in [0.3, 0.4) is 0 Å². The fraction of sp³-hybridized carbons (Fsp3) is 0.765. The number of nitrogens with zero attached hydrogens (tertiary/aromatic N) is 3. The second-order valence-electron chi connectivity index (χ2n) is 5.94. The van der Waals surface area contributed by atoms with Gasteiger partial charge in [-0.25, -0.2) is 0 Å². The Hall–Kier alpha value is -1.16. The van der Waals surface area contributed by atoms with Gasteiger partial charge in [-0.1, -0.05) is 27.7 Å². The van der Waals surface area contributed by atoms with Gasteiger partial charge in [0.05, 0.1) is 17.7 Å². The number of ketones is 1. The molecular formula is C17H31N3O. The van der Waals surface area contributed by atoms with E-state index in [4.69, 9.17) is 0 Å². The molecule has 1 aromatic rings. The van der Waals surface area contributed by atoms with Crippen LogP contribution in [0, 0.1) is 0 Å². The minimum atomic E-state index is -0.385.